The van der Waals surface area contributed by atoms with Crippen molar-refractivity contribution in [3.8, 4) is 10.8 Å². The van der Waals surface area contributed by atoms with E-state index in [1.165, 1.54) is 11.3 Å². The van der Waals surface area contributed by atoms with Crippen LogP contribution in [0.25, 0.3) is 10.8 Å². The number of amides is 1. The van der Waals surface area contributed by atoms with E-state index >= 15 is 0 Å². The molecule has 1 aliphatic rings. The van der Waals surface area contributed by atoms with E-state index in [0.29, 0.717) is 29.1 Å². The summed E-state index contributed by atoms with van der Waals surface area (Å²) in [5, 5.41) is 5.77. The number of aromatic nitrogens is 3. The van der Waals surface area contributed by atoms with Gasteiger partial charge in [-0.15, -0.1) is 11.3 Å². The first-order valence-electron chi connectivity index (χ1n) is 6.49. The Bertz CT molecular complexity index is 600. The zero-order valence-electron chi connectivity index (χ0n) is 11.1. The monoisotopic (exact) mass is 289 g/mol. The van der Waals surface area contributed by atoms with Crippen molar-refractivity contribution < 1.29 is 4.79 Å². The molecule has 2 aromatic heterocycles. The molecular weight excluding hydrogens is 274 g/mol. The van der Waals surface area contributed by atoms with E-state index in [0.717, 1.165) is 13.1 Å². The SMILES string of the molecule is C[C@@H]1CN(C(=O)c2csc(-c3ncccn3)n2)CCN1. The average Bonchev–Trinajstić information content (AvgIpc) is 2.97. The molecule has 7 heteroatoms. The second kappa shape index (κ2) is 5.64. The zero-order valence-corrected chi connectivity index (χ0v) is 11.9. The van der Waals surface area contributed by atoms with Gasteiger partial charge in [0.25, 0.3) is 5.91 Å². The highest BCUT2D eigenvalue weighted by Gasteiger charge is 2.23. The van der Waals surface area contributed by atoms with Crippen molar-refractivity contribution in [1.29, 1.82) is 0 Å². The van der Waals surface area contributed by atoms with Crippen molar-refractivity contribution in [2.45, 2.75) is 13.0 Å². The summed E-state index contributed by atoms with van der Waals surface area (Å²) in [7, 11) is 0. The van der Waals surface area contributed by atoms with Gasteiger partial charge in [-0.2, -0.15) is 0 Å². The van der Waals surface area contributed by atoms with E-state index in [1.807, 2.05) is 4.90 Å². The minimum Gasteiger partial charge on any atom is -0.334 e. The number of nitrogens with one attached hydrogen (secondary N) is 1. The molecule has 3 rings (SSSR count). The third kappa shape index (κ3) is 2.68. The molecule has 1 atom stereocenters. The highest BCUT2D eigenvalue weighted by molar-refractivity contribution is 7.13. The maximum Gasteiger partial charge on any atom is 0.273 e. The summed E-state index contributed by atoms with van der Waals surface area (Å²) in [4.78, 5) is 26.9. The molecule has 1 N–H and O–H groups in total. The smallest absolute Gasteiger partial charge is 0.273 e. The normalized spacial score (nSPS) is 19.1. The lowest BCUT2D eigenvalue weighted by Crippen LogP contribution is -2.51. The third-order valence-electron chi connectivity index (χ3n) is 3.14. The summed E-state index contributed by atoms with van der Waals surface area (Å²) >= 11 is 1.40. The Balaban J connectivity index is 1.78. The molecule has 20 heavy (non-hydrogen) atoms. The predicted octanol–water partition coefficient (Wildman–Crippen LogP) is 1.03. The van der Waals surface area contributed by atoms with Crippen molar-refractivity contribution in [2.24, 2.45) is 0 Å². The Hall–Kier alpha value is -1.86. The van der Waals surface area contributed by atoms with E-state index < -0.39 is 0 Å². The lowest BCUT2D eigenvalue weighted by molar-refractivity contribution is 0.0704. The number of rotatable bonds is 2. The van der Waals surface area contributed by atoms with Crippen LogP contribution in [0.5, 0.6) is 0 Å². The molecule has 104 valence electrons. The van der Waals surface area contributed by atoms with Crippen LogP contribution in [0.3, 0.4) is 0 Å². The van der Waals surface area contributed by atoms with Gasteiger partial charge in [-0.1, -0.05) is 0 Å². The number of thiazole rings is 1. The van der Waals surface area contributed by atoms with Crippen molar-refractivity contribution in [3.05, 3.63) is 29.5 Å². The Morgan fingerprint density at radius 3 is 3.00 bits per heavy atom. The first-order chi connectivity index (χ1) is 9.74. The minimum absolute atomic E-state index is 0.0169. The van der Waals surface area contributed by atoms with Crippen LogP contribution in [-0.2, 0) is 0 Å². The molecule has 0 saturated carbocycles. The Labute approximate surface area is 120 Å². The van der Waals surface area contributed by atoms with Crippen molar-refractivity contribution >= 4 is 17.2 Å². The Morgan fingerprint density at radius 1 is 1.45 bits per heavy atom. The second-order valence-corrected chi connectivity index (χ2v) is 5.57. The largest absolute Gasteiger partial charge is 0.334 e. The summed E-state index contributed by atoms with van der Waals surface area (Å²) in [6.45, 7) is 4.33. The van der Waals surface area contributed by atoms with Crippen LogP contribution in [0.1, 0.15) is 17.4 Å². The van der Waals surface area contributed by atoms with Crippen molar-refractivity contribution in [3.63, 3.8) is 0 Å². The van der Waals surface area contributed by atoms with Crippen LogP contribution in [0.4, 0.5) is 0 Å². The fourth-order valence-corrected chi connectivity index (χ4v) is 2.90. The lowest BCUT2D eigenvalue weighted by atomic mass is 10.2. The molecule has 0 bridgehead atoms. The maximum absolute atomic E-state index is 12.4. The van der Waals surface area contributed by atoms with Gasteiger partial charge in [0, 0.05) is 43.4 Å². The molecule has 0 aliphatic carbocycles. The van der Waals surface area contributed by atoms with Crippen molar-refractivity contribution in [1.82, 2.24) is 25.2 Å². The summed E-state index contributed by atoms with van der Waals surface area (Å²) in [6, 6.07) is 2.08. The van der Waals surface area contributed by atoms with Crippen LogP contribution >= 0.6 is 11.3 Å². The Kier molecular flexibility index (Phi) is 3.70. The van der Waals surface area contributed by atoms with E-state index in [-0.39, 0.29) is 5.91 Å². The average molecular weight is 289 g/mol. The van der Waals surface area contributed by atoms with E-state index in [4.69, 9.17) is 0 Å². The van der Waals surface area contributed by atoms with Crippen molar-refractivity contribution in [2.75, 3.05) is 19.6 Å². The zero-order chi connectivity index (χ0) is 13.9. The van der Waals surface area contributed by atoms with Crippen LogP contribution in [-0.4, -0.2) is 51.4 Å². The molecule has 1 fully saturated rings. The van der Waals surface area contributed by atoms with Crippen LogP contribution in [0.2, 0.25) is 0 Å². The molecule has 0 unspecified atom stereocenters. The van der Waals surface area contributed by atoms with E-state index in [2.05, 4.69) is 27.2 Å². The van der Waals surface area contributed by atoms with Gasteiger partial charge in [-0.25, -0.2) is 15.0 Å². The van der Waals surface area contributed by atoms with Gasteiger partial charge in [0.1, 0.15) is 5.69 Å². The van der Waals surface area contributed by atoms with Gasteiger partial charge < -0.3 is 10.2 Å². The molecular formula is C13H15N5OS. The fourth-order valence-electron chi connectivity index (χ4n) is 2.16. The van der Waals surface area contributed by atoms with Crippen LogP contribution in [0, 0.1) is 0 Å². The molecule has 3 heterocycles. The third-order valence-corrected chi connectivity index (χ3v) is 3.97. The molecule has 2 aromatic rings. The molecule has 0 radical (unpaired) electrons. The maximum atomic E-state index is 12.4. The van der Waals surface area contributed by atoms with Gasteiger partial charge in [0.05, 0.1) is 0 Å². The van der Waals surface area contributed by atoms with Gasteiger partial charge in [0.2, 0.25) is 0 Å². The summed E-state index contributed by atoms with van der Waals surface area (Å²) in [5.41, 5.74) is 0.478. The molecule has 1 amide bonds. The molecule has 6 nitrogen and oxygen atoms in total. The predicted molar refractivity (Wildman–Crippen MR) is 76.5 cm³/mol. The summed E-state index contributed by atoms with van der Waals surface area (Å²) in [6.07, 6.45) is 3.34. The Morgan fingerprint density at radius 2 is 2.25 bits per heavy atom. The first kappa shape index (κ1) is 13.1. The minimum atomic E-state index is -0.0169. The van der Waals surface area contributed by atoms with Crippen LogP contribution in [0.15, 0.2) is 23.8 Å². The number of nitrogens with zero attached hydrogens (tertiary/aromatic N) is 4. The topological polar surface area (TPSA) is 71.0 Å². The van der Waals surface area contributed by atoms with Crippen LogP contribution < -0.4 is 5.32 Å². The lowest BCUT2D eigenvalue weighted by Gasteiger charge is -2.31. The number of hydrogen-bond donors (Lipinski definition) is 1. The molecule has 1 aliphatic heterocycles. The standard InChI is InChI=1S/C13H15N5OS/c1-9-7-18(6-5-14-9)13(19)10-8-20-12(17-10)11-15-3-2-4-16-11/h2-4,8-9,14H,5-7H2,1H3/t9-/m1/s1. The van der Waals surface area contributed by atoms with E-state index in [1.54, 1.807) is 23.8 Å². The molecule has 0 aromatic carbocycles. The van der Waals surface area contributed by atoms with Gasteiger partial charge in [0.15, 0.2) is 10.8 Å². The fraction of sp³-hybridized carbons (Fsp3) is 0.385. The number of carbonyl (C=O) groups excluding carboxylic acids is 1. The van der Waals surface area contributed by atoms with E-state index in [9.17, 15) is 4.79 Å². The van der Waals surface area contributed by atoms with Gasteiger partial charge in [-0.05, 0) is 13.0 Å². The van der Waals surface area contributed by atoms with Gasteiger partial charge >= 0.3 is 0 Å². The summed E-state index contributed by atoms with van der Waals surface area (Å²) in [5.74, 6) is 0.544. The highest BCUT2D eigenvalue weighted by Crippen LogP contribution is 2.20. The highest BCUT2D eigenvalue weighted by atomic mass is 32.1. The first-order valence-corrected chi connectivity index (χ1v) is 7.37. The van der Waals surface area contributed by atoms with Gasteiger partial charge in [-0.3, -0.25) is 4.79 Å². The number of carbonyl (C=O) groups is 1. The number of piperazine rings is 1. The quantitative estimate of drug-likeness (QED) is 0.894. The molecule has 1 saturated heterocycles. The summed E-state index contributed by atoms with van der Waals surface area (Å²) < 4.78 is 0. The second-order valence-electron chi connectivity index (χ2n) is 4.72. The molecule has 0 spiro atoms. The number of hydrogen-bond acceptors (Lipinski definition) is 6.